The number of carbonyl (C=O) groups excluding carboxylic acids is 2. The zero-order chi connectivity index (χ0) is 20.7. The number of benzene rings is 1. The standard InChI is InChI=1S/C19H25N5O4/c1-3-4-12-24-16(20)15(18(27)22-19(24)28)23(2)14(25)10-11-21-17(26)13-8-6-5-7-9-13/h5-9H,3-4,10-12,20H2,1-2H3,(H,21,26)(H,22,27,28). The van der Waals surface area contributed by atoms with E-state index in [1.54, 1.807) is 30.3 Å². The van der Waals surface area contributed by atoms with Crippen molar-refractivity contribution >= 4 is 23.3 Å². The highest BCUT2D eigenvalue weighted by molar-refractivity contribution is 5.96. The van der Waals surface area contributed by atoms with Crippen LogP contribution >= 0.6 is 0 Å². The van der Waals surface area contributed by atoms with Gasteiger partial charge in [-0.05, 0) is 18.6 Å². The number of unbranched alkanes of at least 4 members (excludes halogenated alkanes) is 1. The summed E-state index contributed by atoms with van der Waals surface area (Å²) >= 11 is 0. The van der Waals surface area contributed by atoms with Crippen LogP contribution in [0.4, 0.5) is 11.5 Å². The van der Waals surface area contributed by atoms with Gasteiger partial charge in [0, 0.05) is 32.1 Å². The molecule has 2 rings (SSSR count). The molecule has 0 saturated heterocycles. The van der Waals surface area contributed by atoms with Crippen molar-refractivity contribution in [3.05, 3.63) is 56.7 Å². The monoisotopic (exact) mass is 387 g/mol. The van der Waals surface area contributed by atoms with Crippen LogP contribution in [0.3, 0.4) is 0 Å². The van der Waals surface area contributed by atoms with Gasteiger partial charge in [0.25, 0.3) is 11.5 Å². The van der Waals surface area contributed by atoms with Gasteiger partial charge in [0.05, 0.1) is 0 Å². The lowest BCUT2D eigenvalue weighted by atomic mass is 10.2. The number of amides is 2. The van der Waals surface area contributed by atoms with Gasteiger partial charge in [-0.3, -0.25) is 23.9 Å². The number of nitrogens with two attached hydrogens (primary N) is 1. The lowest BCUT2D eigenvalue weighted by Crippen LogP contribution is -2.40. The van der Waals surface area contributed by atoms with Crippen molar-refractivity contribution < 1.29 is 9.59 Å². The van der Waals surface area contributed by atoms with E-state index < -0.39 is 17.2 Å². The second-order valence-corrected chi connectivity index (χ2v) is 6.32. The summed E-state index contributed by atoms with van der Waals surface area (Å²) in [4.78, 5) is 51.9. The minimum atomic E-state index is -0.723. The second-order valence-electron chi connectivity index (χ2n) is 6.32. The second kappa shape index (κ2) is 9.54. The van der Waals surface area contributed by atoms with Crippen LogP contribution in [0.2, 0.25) is 0 Å². The molecule has 0 radical (unpaired) electrons. The lowest BCUT2D eigenvalue weighted by Gasteiger charge is -2.20. The SMILES string of the molecule is CCCCn1c(N)c(N(C)C(=O)CCNC(=O)c2ccccc2)c(=O)[nH]c1=O. The van der Waals surface area contributed by atoms with Crippen molar-refractivity contribution in [2.24, 2.45) is 0 Å². The van der Waals surface area contributed by atoms with Crippen LogP contribution in [-0.4, -0.2) is 35.0 Å². The van der Waals surface area contributed by atoms with Crippen LogP contribution in [0.25, 0.3) is 0 Å². The van der Waals surface area contributed by atoms with Gasteiger partial charge in [-0.15, -0.1) is 0 Å². The van der Waals surface area contributed by atoms with Gasteiger partial charge in [-0.25, -0.2) is 4.79 Å². The molecule has 4 N–H and O–H groups in total. The van der Waals surface area contributed by atoms with E-state index in [4.69, 9.17) is 5.73 Å². The maximum Gasteiger partial charge on any atom is 0.330 e. The Morgan fingerprint density at radius 1 is 1.21 bits per heavy atom. The van der Waals surface area contributed by atoms with Gasteiger partial charge < -0.3 is 16.0 Å². The molecule has 0 aliphatic heterocycles. The number of H-pyrrole nitrogens is 1. The number of aromatic amines is 1. The average molecular weight is 387 g/mol. The maximum atomic E-state index is 12.5. The number of hydrogen-bond acceptors (Lipinski definition) is 5. The smallest absolute Gasteiger partial charge is 0.330 e. The summed E-state index contributed by atoms with van der Waals surface area (Å²) in [6.07, 6.45) is 1.52. The van der Waals surface area contributed by atoms with Crippen molar-refractivity contribution in [2.45, 2.75) is 32.7 Å². The van der Waals surface area contributed by atoms with Crippen LogP contribution in [0.1, 0.15) is 36.5 Å². The van der Waals surface area contributed by atoms with E-state index in [0.29, 0.717) is 18.5 Å². The summed E-state index contributed by atoms with van der Waals surface area (Å²) in [7, 11) is 1.41. The van der Waals surface area contributed by atoms with Crippen LogP contribution < -0.4 is 27.2 Å². The van der Waals surface area contributed by atoms with Gasteiger partial charge in [0.1, 0.15) is 5.82 Å². The number of nitrogen functional groups attached to an aromatic ring is 1. The highest BCUT2D eigenvalue weighted by Crippen LogP contribution is 2.16. The Bertz CT molecular complexity index is 949. The molecule has 2 amide bonds. The van der Waals surface area contributed by atoms with Gasteiger partial charge >= 0.3 is 5.69 Å². The molecule has 9 heteroatoms. The molecule has 9 nitrogen and oxygen atoms in total. The number of carbonyl (C=O) groups is 2. The van der Waals surface area contributed by atoms with E-state index in [9.17, 15) is 19.2 Å². The van der Waals surface area contributed by atoms with Gasteiger partial charge in [0.2, 0.25) is 5.91 Å². The molecule has 1 aromatic carbocycles. The highest BCUT2D eigenvalue weighted by Gasteiger charge is 2.20. The molecular formula is C19H25N5O4. The first-order valence-electron chi connectivity index (χ1n) is 9.09. The molecule has 1 heterocycles. The van der Waals surface area contributed by atoms with Crippen molar-refractivity contribution in [3.8, 4) is 0 Å². The molecule has 150 valence electrons. The predicted molar refractivity (Wildman–Crippen MR) is 107 cm³/mol. The Morgan fingerprint density at radius 2 is 1.89 bits per heavy atom. The largest absolute Gasteiger partial charge is 0.383 e. The number of hydrogen-bond donors (Lipinski definition) is 3. The van der Waals surface area contributed by atoms with Crippen LogP contribution in [0, 0.1) is 0 Å². The zero-order valence-corrected chi connectivity index (χ0v) is 16.0. The van der Waals surface area contributed by atoms with Crippen LogP contribution in [0.5, 0.6) is 0 Å². The van der Waals surface area contributed by atoms with Crippen molar-refractivity contribution in [1.29, 1.82) is 0 Å². The number of anilines is 2. The normalized spacial score (nSPS) is 10.5. The number of nitrogens with zero attached hydrogens (tertiary/aromatic N) is 2. The fraction of sp³-hybridized carbons (Fsp3) is 0.368. The summed E-state index contributed by atoms with van der Waals surface area (Å²) in [5.41, 5.74) is 5.09. The van der Waals surface area contributed by atoms with Gasteiger partial charge in [0.15, 0.2) is 5.69 Å². The van der Waals surface area contributed by atoms with E-state index in [0.717, 1.165) is 11.3 Å². The topological polar surface area (TPSA) is 130 Å². The first-order chi connectivity index (χ1) is 13.4. The summed E-state index contributed by atoms with van der Waals surface area (Å²) in [5.74, 6) is -0.751. The van der Waals surface area contributed by atoms with Crippen molar-refractivity contribution in [1.82, 2.24) is 14.9 Å². The zero-order valence-electron chi connectivity index (χ0n) is 16.0. The van der Waals surface area contributed by atoms with E-state index in [-0.39, 0.29) is 30.4 Å². The summed E-state index contributed by atoms with van der Waals surface area (Å²) in [6, 6.07) is 8.63. The summed E-state index contributed by atoms with van der Waals surface area (Å²) < 4.78 is 1.25. The van der Waals surface area contributed by atoms with Crippen LogP contribution in [-0.2, 0) is 11.3 Å². The molecule has 0 spiro atoms. The van der Waals surface area contributed by atoms with Gasteiger partial charge in [-0.1, -0.05) is 31.5 Å². The molecule has 0 saturated carbocycles. The lowest BCUT2D eigenvalue weighted by molar-refractivity contribution is -0.118. The number of rotatable bonds is 8. The molecule has 2 aromatic rings. The number of aromatic nitrogens is 2. The molecule has 28 heavy (non-hydrogen) atoms. The van der Waals surface area contributed by atoms with E-state index in [1.807, 2.05) is 6.92 Å². The fourth-order valence-corrected chi connectivity index (χ4v) is 2.71. The summed E-state index contributed by atoms with van der Waals surface area (Å²) in [6.45, 7) is 2.41. The predicted octanol–water partition coefficient (Wildman–Crippen LogP) is 0.702. The third-order valence-corrected chi connectivity index (χ3v) is 4.32. The Labute approximate surface area is 162 Å². The molecule has 1 aromatic heterocycles. The fourth-order valence-electron chi connectivity index (χ4n) is 2.71. The minimum Gasteiger partial charge on any atom is -0.383 e. The third-order valence-electron chi connectivity index (χ3n) is 4.32. The van der Waals surface area contributed by atoms with E-state index >= 15 is 0 Å². The highest BCUT2D eigenvalue weighted by atomic mass is 16.2. The molecule has 0 unspecified atom stereocenters. The first-order valence-corrected chi connectivity index (χ1v) is 9.09. The number of nitrogens with one attached hydrogen (secondary N) is 2. The molecular weight excluding hydrogens is 362 g/mol. The molecule has 0 aliphatic carbocycles. The Hall–Kier alpha value is -3.36. The van der Waals surface area contributed by atoms with Crippen LogP contribution in [0.15, 0.2) is 39.9 Å². The van der Waals surface area contributed by atoms with Crippen molar-refractivity contribution in [3.63, 3.8) is 0 Å². The van der Waals surface area contributed by atoms with E-state index in [1.165, 1.54) is 11.6 Å². The minimum absolute atomic E-state index is 0.0258. The molecule has 0 atom stereocenters. The molecule has 0 bridgehead atoms. The Kier molecular flexibility index (Phi) is 7.14. The van der Waals surface area contributed by atoms with Gasteiger partial charge in [-0.2, -0.15) is 0 Å². The molecule has 0 aliphatic rings. The maximum absolute atomic E-state index is 12.5. The summed E-state index contributed by atoms with van der Waals surface area (Å²) in [5, 5.41) is 2.65. The Morgan fingerprint density at radius 3 is 2.54 bits per heavy atom. The third kappa shape index (κ3) is 4.87. The molecule has 0 fully saturated rings. The Balaban J connectivity index is 2.07. The van der Waals surface area contributed by atoms with Crippen molar-refractivity contribution in [2.75, 3.05) is 24.2 Å². The quantitative estimate of drug-likeness (QED) is 0.614. The van der Waals surface area contributed by atoms with E-state index in [2.05, 4.69) is 10.3 Å². The average Bonchev–Trinajstić information content (AvgIpc) is 2.68. The first kappa shape index (κ1) is 20.9.